The molecule has 0 aromatic rings. The summed E-state index contributed by atoms with van der Waals surface area (Å²) >= 11 is 0. The monoisotopic (exact) mass is 148 g/mol. The van der Waals surface area contributed by atoms with Gasteiger partial charge in [0, 0.05) is 12.3 Å². The van der Waals surface area contributed by atoms with Crippen LogP contribution in [0.4, 0.5) is 8.78 Å². The van der Waals surface area contributed by atoms with Gasteiger partial charge in [-0.1, -0.05) is 13.8 Å². The van der Waals surface area contributed by atoms with E-state index in [4.69, 9.17) is 0 Å². The second kappa shape index (κ2) is 2.48. The van der Waals surface area contributed by atoms with Gasteiger partial charge in [0.1, 0.15) is 0 Å². The summed E-state index contributed by atoms with van der Waals surface area (Å²) in [5, 5.41) is 0. The lowest BCUT2D eigenvalue weighted by Crippen LogP contribution is -2.32. The van der Waals surface area contributed by atoms with Gasteiger partial charge in [0.15, 0.2) is 0 Å². The Bertz CT molecular complexity index is 120. The van der Waals surface area contributed by atoms with Crippen molar-refractivity contribution in [1.29, 1.82) is 0 Å². The first-order valence-corrected chi connectivity index (χ1v) is 3.90. The molecule has 0 spiro atoms. The third kappa shape index (κ3) is 1.47. The maximum absolute atomic E-state index is 12.8. The SMILES string of the molecule is C[C@@H]1CCC(F)(F)[C@H](C)C1. The summed E-state index contributed by atoms with van der Waals surface area (Å²) in [4.78, 5) is 0. The molecule has 0 nitrogen and oxygen atoms in total. The minimum atomic E-state index is -2.38. The lowest BCUT2D eigenvalue weighted by atomic mass is 9.81. The van der Waals surface area contributed by atoms with Gasteiger partial charge < -0.3 is 0 Å². The molecule has 0 saturated heterocycles. The normalized spacial score (nSPS) is 39.6. The predicted octanol–water partition coefficient (Wildman–Crippen LogP) is 3.08. The topological polar surface area (TPSA) is 0 Å². The Morgan fingerprint density at radius 2 is 1.90 bits per heavy atom. The van der Waals surface area contributed by atoms with Gasteiger partial charge in [-0.05, 0) is 18.8 Å². The van der Waals surface area contributed by atoms with Gasteiger partial charge in [0.05, 0.1) is 0 Å². The number of hydrogen-bond donors (Lipinski definition) is 0. The van der Waals surface area contributed by atoms with Crippen molar-refractivity contribution >= 4 is 0 Å². The van der Waals surface area contributed by atoms with Crippen molar-refractivity contribution in [3.63, 3.8) is 0 Å². The van der Waals surface area contributed by atoms with E-state index in [1.807, 2.05) is 6.92 Å². The molecule has 1 saturated carbocycles. The van der Waals surface area contributed by atoms with Crippen molar-refractivity contribution in [2.75, 3.05) is 0 Å². The highest BCUT2D eigenvalue weighted by Crippen LogP contribution is 2.40. The maximum atomic E-state index is 12.8. The molecule has 2 heteroatoms. The fourth-order valence-corrected chi connectivity index (χ4v) is 1.58. The standard InChI is InChI=1S/C8H14F2/c1-6-3-4-8(9,10)7(2)5-6/h6-7H,3-5H2,1-2H3/t6-,7-/m1/s1. The average Bonchev–Trinajstić information content (AvgIpc) is 1.81. The van der Waals surface area contributed by atoms with Gasteiger partial charge in [-0.15, -0.1) is 0 Å². The summed E-state index contributed by atoms with van der Waals surface area (Å²) in [5.41, 5.74) is 0. The van der Waals surface area contributed by atoms with Crippen molar-refractivity contribution in [3.05, 3.63) is 0 Å². The predicted molar refractivity (Wildman–Crippen MR) is 37.1 cm³/mol. The Hall–Kier alpha value is -0.140. The molecule has 0 unspecified atom stereocenters. The van der Waals surface area contributed by atoms with Gasteiger partial charge in [0.2, 0.25) is 0 Å². The van der Waals surface area contributed by atoms with Crippen molar-refractivity contribution in [2.45, 2.75) is 39.0 Å². The highest BCUT2D eigenvalue weighted by atomic mass is 19.3. The van der Waals surface area contributed by atoms with Gasteiger partial charge >= 0.3 is 0 Å². The molecule has 2 atom stereocenters. The molecule has 0 N–H and O–H groups in total. The minimum absolute atomic E-state index is 0.0926. The molecule has 1 rings (SSSR count). The van der Waals surface area contributed by atoms with Crippen LogP contribution in [0.25, 0.3) is 0 Å². The van der Waals surface area contributed by atoms with E-state index in [0.29, 0.717) is 18.8 Å². The zero-order chi connectivity index (χ0) is 7.78. The molecule has 0 aromatic heterocycles. The number of rotatable bonds is 0. The van der Waals surface area contributed by atoms with E-state index in [1.165, 1.54) is 0 Å². The summed E-state index contributed by atoms with van der Waals surface area (Å²) in [5.74, 6) is -2.29. The number of hydrogen-bond acceptors (Lipinski definition) is 0. The van der Waals surface area contributed by atoms with Gasteiger partial charge in [-0.3, -0.25) is 0 Å². The molecule has 1 aliphatic rings. The van der Waals surface area contributed by atoms with Crippen LogP contribution in [-0.2, 0) is 0 Å². The second-order valence-electron chi connectivity index (χ2n) is 3.54. The van der Waals surface area contributed by atoms with Gasteiger partial charge in [-0.25, -0.2) is 8.78 Å². The maximum Gasteiger partial charge on any atom is 0.250 e. The Morgan fingerprint density at radius 3 is 2.30 bits per heavy atom. The smallest absolute Gasteiger partial charge is 0.207 e. The first kappa shape index (κ1) is 7.96. The van der Waals surface area contributed by atoms with Crippen LogP contribution in [-0.4, -0.2) is 5.92 Å². The number of alkyl halides is 2. The fourth-order valence-electron chi connectivity index (χ4n) is 1.58. The Morgan fingerprint density at radius 1 is 1.30 bits per heavy atom. The van der Waals surface area contributed by atoms with E-state index in [1.54, 1.807) is 6.92 Å². The molecule has 60 valence electrons. The minimum Gasteiger partial charge on any atom is -0.207 e. The molecule has 0 amide bonds. The van der Waals surface area contributed by atoms with E-state index >= 15 is 0 Å². The summed E-state index contributed by atoms with van der Waals surface area (Å²) < 4.78 is 25.5. The molecule has 0 bridgehead atoms. The highest BCUT2D eigenvalue weighted by molar-refractivity contribution is 4.81. The summed E-state index contributed by atoms with van der Waals surface area (Å²) in [7, 11) is 0. The van der Waals surface area contributed by atoms with E-state index in [-0.39, 0.29) is 6.42 Å². The Labute approximate surface area is 60.6 Å². The van der Waals surface area contributed by atoms with E-state index < -0.39 is 11.8 Å². The lowest BCUT2D eigenvalue weighted by molar-refractivity contribution is -0.0888. The van der Waals surface area contributed by atoms with E-state index in [0.717, 1.165) is 0 Å². The van der Waals surface area contributed by atoms with Crippen LogP contribution in [0.2, 0.25) is 0 Å². The molecule has 10 heavy (non-hydrogen) atoms. The van der Waals surface area contributed by atoms with Crippen LogP contribution < -0.4 is 0 Å². The fraction of sp³-hybridized carbons (Fsp3) is 1.00. The molecule has 0 aromatic carbocycles. The van der Waals surface area contributed by atoms with Crippen LogP contribution in [0.15, 0.2) is 0 Å². The highest BCUT2D eigenvalue weighted by Gasteiger charge is 2.40. The van der Waals surface area contributed by atoms with Crippen LogP contribution in [0.5, 0.6) is 0 Å². The van der Waals surface area contributed by atoms with E-state index in [2.05, 4.69) is 0 Å². The summed E-state index contributed by atoms with van der Waals surface area (Å²) in [6, 6.07) is 0. The van der Waals surface area contributed by atoms with Crippen LogP contribution in [0, 0.1) is 11.8 Å². The third-order valence-electron chi connectivity index (χ3n) is 2.45. The van der Waals surface area contributed by atoms with Crippen molar-refractivity contribution in [3.8, 4) is 0 Å². The quantitative estimate of drug-likeness (QED) is 0.495. The zero-order valence-corrected chi connectivity index (χ0v) is 6.53. The molecule has 0 radical (unpaired) electrons. The van der Waals surface area contributed by atoms with Crippen LogP contribution >= 0.6 is 0 Å². The molecule has 1 fully saturated rings. The molecular formula is C8H14F2. The number of halogens is 2. The zero-order valence-electron chi connectivity index (χ0n) is 6.53. The van der Waals surface area contributed by atoms with E-state index in [9.17, 15) is 8.78 Å². The lowest BCUT2D eigenvalue weighted by Gasteiger charge is -2.32. The molecule has 0 aliphatic heterocycles. The second-order valence-corrected chi connectivity index (χ2v) is 3.54. The van der Waals surface area contributed by atoms with Crippen molar-refractivity contribution in [1.82, 2.24) is 0 Å². The molecular weight excluding hydrogens is 134 g/mol. The molecule has 0 heterocycles. The molecule has 1 aliphatic carbocycles. The first-order chi connectivity index (χ1) is 4.52. The van der Waals surface area contributed by atoms with Gasteiger partial charge in [-0.2, -0.15) is 0 Å². The third-order valence-corrected chi connectivity index (χ3v) is 2.45. The summed E-state index contributed by atoms with van der Waals surface area (Å²) in [6.45, 7) is 3.70. The van der Waals surface area contributed by atoms with Crippen LogP contribution in [0.1, 0.15) is 33.1 Å². The largest absolute Gasteiger partial charge is 0.250 e. The average molecular weight is 148 g/mol. The first-order valence-electron chi connectivity index (χ1n) is 3.90. The Kier molecular flexibility index (Phi) is 1.97. The summed E-state index contributed by atoms with van der Waals surface area (Å²) in [6.07, 6.45) is 1.47. The van der Waals surface area contributed by atoms with Gasteiger partial charge in [0.25, 0.3) is 5.92 Å². The van der Waals surface area contributed by atoms with Crippen molar-refractivity contribution < 1.29 is 8.78 Å². The Balaban J connectivity index is 2.52. The van der Waals surface area contributed by atoms with Crippen molar-refractivity contribution in [2.24, 2.45) is 11.8 Å². The van der Waals surface area contributed by atoms with Crippen LogP contribution in [0.3, 0.4) is 0 Å².